The maximum atomic E-state index is 12.6. The fourth-order valence-corrected chi connectivity index (χ4v) is 4.13. The highest BCUT2D eigenvalue weighted by atomic mass is 32.2. The summed E-state index contributed by atoms with van der Waals surface area (Å²) < 4.78 is 5.30. The SMILES string of the molecule is CC(C)(C)OC(=O)C1=C(O)CS[C@@H]2C(NC(=O)Cc3ccccc3)C(=O)N12. The molecular weight excluding hydrogens is 368 g/mol. The molecule has 1 aromatic carbocycles. The number of aliphatic hydroxyl groups excluding tert-OH is 1. The van der Waals surface area contributed by atoms with E-state index in [0.29, 0.717) is 0 Å². The summed E-state index contributed by atoms with van der Waals surface area (Å²) in [5, 5.41) is 12.4. The van der Waals surface area contributed by atoms with Gasteiger partial charge in [0.25, 0.3) is 5.91 Å². The molecule has 2 amide bonds. The largest absolute Gasteiger partial charge is 0.509 e. The molecule has 2 N–H and O–H groups in total. The van der Waals surface area contributed by atoms with Crippen LogP contribution >= 0.6 is 11.8 Å². The van der Waals surface area contributed by atoms with Gasteiger partial charge >= 0.3 is 5.97 Å². The number of benzene rings is 1. The first kappa shape index (κ1) is 19.3. The summed E-state index contributed by atoms with van der Waals surface area (Å²) in [5.74, 6) is -1.45. The van der Waals surface area contributed by atoms with E-state index < -0.39 is 28.9 Å². The number of β-lactam (4-membered cyclic amide) rings is 1. The van der Waals surface area contributed by atoms with E-state index in [1.165, 1.54) is 16.7 Å². The number of nitrogens with zero attached hydrogens (tertiary/aromatic N) is 1. The van der Waals surface area contributed by atoms with Crippen molar-refractivity contribution in [1.82, 2.24) is 10.2 Å². The van der Waals surface area contributed by atoms with Crippen LogP contribution in [0.25, 0.3) is 0 Å². The molecule has 8 heteroatoms. The van der Waals surface area contributed by atoms with Crippen LogP contribution in [0.4, 0.5) is 0 Å². The van der Waals surface area contributed by atoms with Crippen molar-refractivity contribution in [3.8, 4) is 0 Å². The van der Waals surface area contributed by atoms with Crippen LogP contribution in [-0.4, -0.2) is 50.6 Å². The molecular formula is C19H22N2O5S. The summed E-state index contributed by atoms with van der Waals surface area (Å²) >= 11 is 1.30. The van der Waals surface area contributed by atoms with Crippen molar-refractivity contribution in [2.24, 2.45) is 0 Å². The van der Waals surface area contributed by atoms with E-state index >= 15 is 0 Å². The third kappa shape index (κ3) is 4.10. The first-order chi connectivity index (χ1) is 12.7. The van der Waals surface area contributed by atoms with Crippen molar-refractivity contribution >= 4 is 29.5 Å². The summed E-state index contributed by atoms with van der Waals surface area (Å²) in [6.07, 6.45) is 0.169. The topological polar surface area (TPSA) is 95.9 Å². The van der Waals surface area contributed by atoms with E-state index in [4.69, 9.17) is 4.74 Å². The summed E-state index contributed by atoms with van der Waals surface area (Å²) in [5.41, 5.74) is -0.0315. The van der Waals surface area contributed by atoms with Crippen LogP contribution in [0.2, 0.25) is 0 Å². The van der Waals surface area contributed by atoms with Crippen molar-refractivity contribution in [3.63, 3.8) is 0 Å². The number of thioether (sulfide) groups is 1. The Bertz CT molecular complexity index is 800. The number of aliphatic hydroxyl groups is 1. The third-order valence-electron chi connectivity index (χ3n) is 4.06. The molecule has 0 radical (unpaired) electrons. The highest BCUT2D eigenvalue weighted by Gasteiger charge is 2.55. The average Bonchev–Trinajstić information content (AvgIpc) is 2.58. The van der Waals surface area contributed by atoms with E-state index in [1.54, 1.807) is 20.8 Å². The lowest BCUT2D eigenvalue weighted by atomic mass is 10.0. The monoisotopic (exact) mass is 390 g/mol. The molecule has 1 fully saturated rings. The molecule has 7 nitrogen and oxygen atoms in total. The predicted molar refractivity (Wildman–Crippen MR) is 101 cm³/mol. The van der Waals surface area contributed by atoms with Crippen molar-refractivity contribution in [3.05, 3.63) is 47.4 Å². The van der Waals surface area contributed by atoms with Crippen molar-refractivity contribution in [2.75, 3.05) is 5.75 Å². The number of carbonyl (C=O) groups is 3. The third-order valence-corrected chi connectivity index (χ3v) is 5.33. The molecule has 0 aliphatic carbocycles. The van der Waals surface area contributed by atoms with Gasteiger partial charge in [-0.2, -0.15) is 0 Å². The molecule has 0 spiro atoms. The molecule has 1 unspecified atom stereocenters. The Hall–Kier alpha value is -2.48. The van der Waals surface area contributed by atoms with Crippen molar-refractivity contribution < 1.29 is 24.2 Å². The molecule has 144 valence electrons. The Morgan fingerprint density at radius 3 is 2.59 bits per heavy atom. The minimum atomic E-state index is -0.748. The van der Waals surface area contributed by atoms with Crippen LogP contribution in [0.5, 0.6) is 0 Å². The second-order valence-corrected chi connectivity index (χ2v) is 8.52. The zero-order valence-corrected chi connectivity index (χ0v) is 16.2. The van der Waals surface area contributed by atoms with Crippen LogP contribution in [0.15, 0.2) is 41.8 Å². The number of rotatable bonds is 4. The van der Waals surface area contributed by atoms with Gasteiger partial charge in [-0.25, -0.2) is 4.79 Å². The normalized spacial score (nSPS) is 22.0. The van der Waals surface area contributed by atoms with Crippen LogP contribution in [0.3, 0.4) is 0 Å². The number of esters is 1. The molecule has 2 heterocycles. The first-order valence-electron chi connectivity index (χ1n) is 8.61. The summed E-state index contributed by atoms with van der Waals surface area (Å²) in [7, 11) is 0. The highest BCUT2D eigenvalue weighted by molar-refractivity contribution is 8.00. The molecule has 0 bridgehead atoms. The second kappa shape index (κ2) is 7.26. The van der Waals surface area contributed by atoms with Gasteiger partial charge in [0.1, 0.15) is 22.8 Å². The number of hydrogen-bond acceptors (Lipinski definition) is 6. The Morgan fingerprint density at radius 2 is 1.96 bits per heavy atom. The predicted octanol–water partition coefficient (Wildman–Crippen LogP) is 1.74. The lowest BCUT2D eigenvalue weighted by Crippen LogP contribution is -2.70. The number of hydrogen-bond donors (Lipinski definition) is 2. The van der Waals surface area contributed by atoms with Gasteiger partial charge in [-0.15, -0.1) is 11.8 Å². The maximum absolute atomic E-state index is 12.6. The van der Waals surface area contributed by atoms with Crippen molar-refractivity contribution in [2.45, 2.75) is 44.2 Å². The van der Waals surface area contributed by atoms with Crippen molar-refractivity contribution in [1.29, 1.82) is 0 Å². The quantitative estimate of drug-likeness (QED) is 0.601. The van der Waals surface area contributed by atoms with Gasteiger partial charge in [0, 0.05) is 0 Å². The van der Waals surface area contributed by atoms with Gasteiger partial charge in [0.05, 0.1) is 12.2 Å². The molecule has 1 aromatic rings. The highest BCUT2D eigenvalue weighted by Crippen LogP contribution is 2.40. The molecule has 2 aliphatic heterocycles. The standard InChI is InChI=1S/C19H22N2O5S/c1-19(2,3)26-18(25)15-12(22)10-27-17-14(16(24)21(15)17)20-13(23)9-11-7-5-4-6-8-11/h4-8,14,17,22H,9-10H2,1-3H3,(H,20,23)/t14?,17-/m1/s1. The fraction of sp³-hybridized carbons (Fsp3) is 0.421. The van der Waals surface area contributed by atoms with Gasteiger partial charge < -0.3 is 15.2 Å². The molecule has 0 saturated carbocycles. The molecule has 1 saturated heterocycles. The van der Waals surface area contributed by atoms with Crippen LogP contribution in [0, 0.1) is 0 Å². The lowest BCUT2D eigenvalue weighted by molar-refractivity contribution is -0.159. The Labute approximate surface area is 161 Å². The van der Waals surface area contributed by atoms with Gasteiger partial charge in [-0.1, -0.05) is 30.3 Å². The smallest absolute Gasteiger partial charge is 0.359 e. The van der Waals surface area contributed by atoms with Crippen LogP contribution in [-0.2, 0) is 25.5 Å². The van der Waals surface area contributed by atoms with Gasteiger partial charge in [0.15, 0.2) is 5.70 Å². The minimum Gasteiger partial charge on any atom is -0.509 e. The minimum absolute atomic E-state index is 0.132. The Kier molecular flexibility index (Phi) is 5.19. The number of nitrogens with one attached hydrogen (secondary N) is 1. The first-order valence-corrected chi connectivity index (χ1v) is 9.65. The van der Waals surface area contributed by atoms with E-state index in [9.17, 15) is 19.5 Å². The molecule has 2 atom stereocenters. The zero-order valence-electron chi connectivity index (χ0n) is 15.4. The molecule has 0 aromatic heterocycles. The van der Waals surface area contributed by atoms with Gasteiger partial charge in [-0.05, 0) is 26.3 Å². The fourth-order valence-electron chi connectivity index (χ4n) is 2.93. The van der Waals surface area contributed by atoms with Crippen LogP contribution < -0.4 is 5.32 Å². The van der Waals surface area contributed by atoms with Gasteiger partial charge in [0.2, 0.25) is 5.91 Å². The Morgan fingerprint density at radius 1 is 1.30 bits per heavy atom. The number of ether oxygens (including phenoxy) is 1. The van der Waals surface area contributed by atoms with E-state index in [2.05, 4.69) is 5.32 Å². The second-order valence-electron chi connectivity index (χ2n) is 7.41. The maximum Gasteiger partial charge on any atom is 0.359 e. The molecule has 27 heavy (non-hydrogen) atoms. The Balaban J connectivity index is 1.68. The number of amides is 2. The number of carbonyl (C=O) groups excluding carboxylic acids is 3. The zero-order chi connectivity index (χ0) is 19.8. The number of fused-ring (bicyclic) bond motifs is 1. The van der Waals surface area contributed by atoms with E-state index in [0.717, 1.165) is 5.56 Å². The summed E-state index contributed by atoms with van der Waals surface area (Å²) in [6.45, 7) is 5.13. The van der Waals surface area contributed by atoms with Crippen LogP contribution in [0.1, 0.15) is 26.3 Å². The van der Waals surface area contributed by atoms with E-state index in [1.807, 2.05) is 30.3 Å². The molecule has 2 aliphatic rings. The summed E-state index contributed by atoms with van der Waals surface area (Å²) in [6, 6.07) is 8.50. The van der Waals surface area contributed by atoms with E-state index in [-0.39, 0.29) is 29.5 Å². The average molecular weight is 390 g/mol. The van der Waals surface area contributed by atoms with Gasteiger partial charge in [-0.3, -0.25) is 14.5 Å². The molecule has 3 rings (SSSR count). The lowest BCUT2D eigenvalue weighted by Gasteiger charge is -2.49. The summed E-state index contributed by atoms with van der Waals surface area (Å²) in [4.78, 5) is 38.4.